The molecular formula is C25H25FN4O4. The Bertz CT molecular complexity index is 1180. The number of carbonyl (C=O) groups excluding carboxylic acids is 2. The van der Waals surface area contributed by atoms with E-state index in [0.717, 1.165) is 24.6 Å². The van der Waals surface area contributed by atoms with E-state index >= 15 is 0 Å². The van der Waals surface area contributed by atoms with Gasteiger partial charge in [-0.3, -0.25) is 14.7 Å². The molecule has 2 aliphatic rings. The van der Waals surface area contributed by atoms with Gasteiger partial charge in [0.15, 0.2) is 5.82 Å². The predicted molar refractivity (Wildman–Crippen MR) is 120 cm³/mol. The topological polar surface area (TPSA) is 97.4 Å². The van der Waals surface area contributed by atoms with Gasteiger partial charge in [0.1, 0.15) is 12.3 Å². The van der Waals surface area contributed by atoms with Crippen molar-refractivity contribution >= 4 is 11.9 Å². The van der Waals surface area contributed by atoms with Gasteiger partial charge in [0.25, 0.3) is 5.91 Å². The summed E-state index contributed by atoms with van der Waals surface area (Å²) in [6.07, 6.45) is 3.90. The normalized spacial score (nSPS) is 21.4. The number of hydrogen-bond acceptors (Lipinski definition) is 6. The molecule has 2 aromatic heterocycles. The summed E-state index contributed by atoms with van der Waals surface area (Å²) >= 11 is 0. The van der Waals surface area contributed by atoms with Crippen molar-refractivity contribution in [2.75, 3.05) is 7.11 Å². The van der Waals surface area contributed by atoms with Gasteiger partial charge in [-0.2, -0.15) is 5.10 Å². The highest BCUT2D eigenvalue weighted by Crippen LogP contribution is 2.40. The SMILES string of the molecule is COc1cc(-c2cc(C(=O)N3C4CC[C@@H]3CC(C(=O)OCc3ccccc3)C4)[nH]n2)c(F)cn1. The highest BCUT2D eigenvalue weighted by atomic mass is 19.1. The quantitative estimate of drug-likeness (QED) is 0.558. The lowest BCUT2D eigenvalue weighted by Crippen LogP contribution is -2.48. The van der Waals surface area contributed by atoms with E-state index < -0.39 is 5.82 Å². The fourth-order valence-corrected chi connectivity index (χ4v) is 4.98. The summed E-state index contributed by atoms with van der Waals surface area (Å²) in [5.74, 6) is -0.920. The van der Waals surface area contributed by atoms with Gasteiger partial charge in [-0.05, 0) is 37.3 Å². The fraction of sp³-hybridized carbons (Fsp3) is 0.360. The number of nitrogens with one attached hydrogen (secondary N) is 1. The number of rotatable bonds is 6. The molecule has 2 saturated heterocycles. The van der Waals surface area contributed by atoms with Gasteiger partial charge in [-0.15, -0.1) is 0 Å². The summed E-state index contributed by atoms with van der Waals surface area (Å²) in [5.41, 5.74) is 1.73. The Hall–Kier alpha value is -3.75. The third-order valence-corrected chi connectivity index (χ3v) is 6.65. The molecule has 0 spiro atoms. The zero-order chi connectivity index (χ0) is 23.7. The highest BCUT2D eigenvalue weighted by molar-refractivity contribution is 5.94. The van der Waals surface area contributed by atoms with E-state index in [1.54, 1.807) is 6.07 Å². The van der Waals surface area contributed by atoms with Crippen LogP contribution in [0.2, 0.25) is 0 Å². The zero-order valence-corrected chi connectivity index (χ0v) is 18.7. The number of carbonyl (C=O) groups is 2. The molecule has 1 amide bonds. The minimum Gasteiger partial charge on any atom is -0.481 e. The monoisotopic (exact) mass is 464 g/mol. The lowest BCUT2D eigenvalue weighted by molar-refractivity contribution is -0.152. The summed E-state index contributed by atoms with van der Waals surface area (Å²) in [7, 11) is 1.44. The third-order valence-electron chi connectivity index (χ3n) is 6.65. The molecule has 4 heterocycles. The molecule has 1 aromatic carbocycles. The van der Waals surface area contributed by atoms with Gasteiger partial charge in [-0.25, -0.2) is 9.37 Å². The van der Waals surface area contributed by atoms with Gasteiger partial charge < -0.3 is 14.4 Å². The molecule has 8 nitrogen and oxygen atoms in total. The molecule has 2 aliphatic heterocycles. The summed E-state index contributed by atoms with van der Waals surface area (Å²) in [6, 6.07) is 12.5. The van der Waals surface area contributed by atoms with E-state index in [-0.39, 0.29) is 53.6 Å². The van der Waals surface area contributed by atoms with E-state index in [4.69, 9.17) is 9.47 Å². The first-order valence-electron chi connectivity index (χ1n) is 11.3. The van der Waals surface area contributed by atoms with E-state index in [1.807, 2.05) is 35.2 Å². The lowest BCUT2D eigenvalue weighted by atomic mass is 9.90. The van der Waals surface area contributed by atoms with Crippen LogP contribution >= 0.6 is 0 Å². The van der Waals surface area contributed by atoms with Crippen molar-refractivity contribution in [3.63, 3.8) is 0 Å². The lowest BCUT2D eigenvalue weighted by Gasteiger charge is -2.37. The molecular weight excluding hydrogens is 439 g/mol. The predicted octanol–water partition coefficient (Wildman–Crippen LogP) is 3.75. The molecule has 5 rings (SSSR count). The van der Waals surface area contributed by atoms with Crippen LogP contribution < -0.4 is 4.74 Å². The van der Waals surface area contributed by atoms with Crippen LogP contribution in [0.15, 0.2) is 48.7 Å². The first-order valence-corrected chi connectivity index (χ1v) is 11.3. The zero-order valence-electron chi connectivity index (χ0n) is 18.7. The Kier molecular flexibility index (Phi) is 6.00. The van der Waals surface area contributed by atoms with Gasteiger partial charge >= 0.3 is 5.97 Å². The molecule has 0 saturated carbocycles. The van der Waals surface area contributed by atoms with E-state index in [1.165, 1.54) is 13.2 Å². The van der Waals surface area contributed by atoms with Gasteiger partial charge in [0.2, 0.25) is 5.88 Å². The number of halogens is 1. The second kappa shape index (κ2) is 9.24. The van der Waals surface area contributed by atoms with Crippen LogP contribution in [-0.4, -0.2) is 51.2 Å². The molecule has 0 aliphatic carbocycles. The van der Waals surface area contributed by atoms with Crippen molar-refractivity contribution in [2.24, 2.45) is 5.92 Å². The molecule has 3 atom stereocenters. The van der Waals surface area contributed by atoms with E-state index in [2.05, 4.69) is 15.2 Å². The number of methoxy groups -OCH3 is 1. The summed E-state index contributed by atoms with van der Waals surface area (Å²) in [4.78, 5) is 31.7. The minimum absolute atomic E-state index is 0.0370. The number of benzene rings is 1. The number of aromatic amines is 1. The average Bonchev–Trinajstić information content (AvgIpc) is 3.45. The summed E-state index contributed by atoms with van der Waals surface area (Å²) in [5, 5.41) is 6.88. The summed E-state index contributed by atoms with van der Waals surface area (Å²) < 4.78 is 24.9. The number of ether oxygens (including phenoxy) is 2. The van der Waals surface area contributed by atoms with Crippen molar-refractivity contribution in [3.05, 3.63) is 65.7 Å². The minimum atomic E-state index is -0.554. The molecule has 2 bridgehead atoms. The van der Waals surface area contributed by atoms with Crippen LogP contribution in [0.1, 0.15) is 41.7 Å². The van der Waals surface area contributed by atoms with Crippen LogP contribution in [0.3, 0.4) is 0 Å². The number of H-pyrrole nitrogens is 1. The Morgan fingerprint density at radius 3 is 2.59 bits per heavy atom. The molecule has 34 heavy (non-hydrogen) atoms. The van der Waals surface area contributed by atoms with Gasteiger partial charge in [-0.1, -0.05) is 30.3 Å². The molecule has 2 fully saturated rings. The number of amides is 1. The molecule has 9 heteroatoms. The highest BCUT2D eigenvalue weighted by Gasteiger charge is 2.46. The number of fused-ring (bicyclic) bond motifs is 2. The van der Waals surface area contributed by atoms with Crippen LogP contribution in [0.25, 0.3) is 11.3 Å². The Balaban J connectivity index is 1.26. The number of piperidine rings is 1. The fourth-order valence-electron chi connectivity index (χ4n) is 4.98. The molecule has 0 radical (unpaired) electrons. The van der Waals surface area contributed by atoms with Crippen LogP contribution in [0, 0.1) is 11.7 Å². The number of pyridine rings is 1. The smallest absolute Gasteiger partial charge is 0.309 e. The first-order chi connectivity index (χ1) is 16.5. The van der Waals surface area contributed by atoms with Crippen molar-refractivity contribution in [1.29, 1.82) is 0 Å². The first kappa shape index (κ1) is 22.1. The Morgan fingerprint density at radius 1 is 1.15 bits per heavy atom. The molecule has 1 N–H and O–H groups in total. The maximum Gasteiger partial charge on any atom is 0.309 e. The summed E-state index contributed by atoms with van der Waals surface area (Å²) in [6.45, 7) is 0.251. The second-order valence-electron chi connectivity index (χ2n) is 8.73. The number of aromatic nitrogens is 3. The maximum absolute atomic E-state index is 14.3. The maximum atomic E-state index is 14.3. The van der Waals surface area contributed by atoms with Gasteiger partial charge in [0.05, 0.1) is 24.9 Å². The van der Waals surface area contributed by atoms with Crippen LogP contribution in [-0.2, 0) is 16.1 Å². The largest absolute Gasteiger partial charge is 0.481 e. The van der Waals surface area contributed by atoms with Crippen molar-refractivity contribution in [3.8, 4) is 17.1 Å². The Labute approximate surface area is 196 Å². The molecule has 3 aromatic rings. The number of esters is 1. The van der Waals surface area contributed by atoms with Crippen LogP contribution in [0.4, 0.5) is 4.39 Å². The van der Waals surface area contributed by atoms with Crippen molar-refractivity contribution in [1.82, 2.24) is 20.1 Å². The standard InChI is InChI=1S/C25H25FN4O4/c1-33-23-11-19(20(26)13-27-23)21-12-22(29-28-21)24(31)30-17-7-8-18(30)10-16(9-17)25(32)34-14-15-5-3-2-4-6-15/h2-6,11-13,16-18H,7-10,14H2,1H3,(H,28,29)/t16?,17-,18?/m1/s1. The van der Waals surface area contributed by atoms with Crippen LogP contribution in [0.5, 0.6) is 5.88 Å². The second-order valence-corrected chi connectivity index (χ2v) is 8.73. The van der Waals surface area contributed by atoms with Gasteiger partial charge in [0, 0.05) is 23.7 Å². The molecule has 2 unspecified atom stereocenters. The van der Waals surface area contributed by atoms with E-state index in [0.29, 0.717) is 18.5 Å². The van der Waals surface area contributed by atoms with Crippen molar-refractivity contribution < 1.29 is 23.5 Å². The number of nitrogens with zero attached hydrogens (tertiary/aromatic N) is 3. The Morgan fingerprint density at radius 2 is 1.88 bits per heavy atom. The van der Waals surface area contributed by atoms with E-state index in [9.17, 15) is 14.0 Å². The molecule has 176 valence electrons. The van der Waals surface area contributed by atoms with Crippen molar-refractivity contribution in [2.45, 2.75) is 44.4 Å². The average molecular weight is 464 g/mol. The third kappa shape index (κ3) is 4.25. The number of hydrogen-bond donors (Lipinski definition) is 1.